The van der Waals surface area contributed by atoms with E-state index in [2.05, 4.69) is 30.4 Å². The number of anilines is 2. The van der Waals surface area contributed by atoms with E-state index in [0.717, 1.165) is 53.8 Å². The summed E-state index contributed by atoms with van der Waals surface area (Å²) < 4.78 is 0. The van der Waals surface area contributed by atoms with Crippen molar-refractivity contribution in [2.75, 3.05) is 30.4 Å². The molecule has 1 N–H and O–H groups in total. The lowest BCUT2D eigenvalue weighted by Gasteiger charge is -2.22. The summed E-state index contributed by atoms with van der Waals surface area (Å²) in [6.45, 7) is 3.96. The summed E-state index contributed by atoms with van der Waals surface area (Å²) in [6.07, 6.45) is 7.80. The van der Waals surface area contributed by atoms with Crippen molar-refractivity contribution in [3.8, 4) is 0 Å². The number of hydrogen-bond acceptors (Lipinski definition) is 7. The first kappa shape index (κ1) is 20.1. The summed E-state index contributed by atoms with van der Waals surface area (Å²) in [5, 5.41) is 13.5. The smallest absolute Gasteiger partial charge is 0.257 e. The average Bonchev–Trinajstić information content (AvgIpc) is 3.36. The summed E-state index contributed by atoms with van der Waals surface area (Å²) in [4.78, 5) is 25.9. The fourth-order valence-corrected chi connectivity index (χ4v) is 3.92. The fraction of sp³-hybridized carbons (Fsp3) is 0.292. The lowest BCUT2D eigenvalue weighted by Crippen LogP contribution is -2.23. The molecule has 0 spiro atoms. The monoisotopic (exact) mass is 427 g/mol. The van der Waals surface area contributed by atoms with Gasteiger partial charge in [0.2, 0.25) is 0 Å². The number of carbonyl (C=O) groups excluding carboxylic acids is 1. The number of amides is 1. The molecule has 2 aromatic heterocycles. The Morgan fingerprint density at radius 3 is 2.72 bits per heavy atom. The van der Waals surface area contributed by atoms with Crippen molar-refractivity contribution in [1.82, 2.24) is 14.9 Å². The highest BCUT2D eigenvalue weighted by atomic mass is 16.1. The normalized spacial score (nSPS) is 18.2. The van der Waals surface area contributed by atoms with Crippen LogP contribution in [0.1, 0.15) is 35.7 Å². The largest absolute Gasteiger partial charge is 0.357 e. The van der Waals surface area contributed by atoms with E-state index < -0.39 is 0 Å². The van der Waals surface area contributed by atoms with E-state index in [1.54, 1.807) is 18.5 Å². The number of fused-ring (bicyclic) bond motifs is 1. The van der Waals surface area contributed by atoms with Crippen LogP contribution in [-0.2, 0) is 0 Å². The van der Waals surface area contributed by atoms with Gasteiger partial charge >= 0.3 is 0 Å². The molecule has 8 heteroatoms. The van der Waals surface area contributed by atoms with Gasteiger partial charge in [0, 0.05) is 55.2 Å². The van der Waals surface area contributed by atoms with Gasteiger partial charge in [-0.25, -0.2) is 9.97 Å². The van der Waals surface area contributed by atoms with Gasteiger partial charge in [-0.05, 0) is 49.4 Å². The van der Waals surface area contributed by atoms with E-state index in [1.807, 2.05) is 55.4 Å². The maximum Gasteiger partial charge on any atom is 0.257 e. The molecular weight excluding hydrogens is 402 g/mol. The highest BCUT2D eigenvalue weighted by Gasteiger charge is 2.16. The van der Waals surface area contributed by atoms with Crippen LogP contribution in [-0.4, -0.2) is 47.1 Å². The topological polar surface area (TPSA) is 86.1 Å². The summed E-state index contributed by atoms with van der Waals surface area (Å²) in [7, 11) is 1.98. The van der Waals surface area contributed by atoms with Gasteiger partial charge in [0.15, 0.2) is 0 Å². The minimum atomic E-state index is -0.199. The maximum absolute atomic E-state index is 12.9. The molecule has 1 aromatic carbocycles. The number of nitrogens with zero attached hydrogens (tertiary/aromatic N) is 6. The van der Waals surface area contributed by atoms with Crippen molar-refractivity contribution in [1.29, 1.82) is 0 Å². The van der Waals surface area contributed by atoms with Gasteiger partial charge in [-0.3, -0.25) is 4.79 Å². The molecule has 1 fully saturated rings. The molecule has 1 atom stereocenters. The van der Waals surface area contributed by atoms with Crippen molar-refractivity contribution >= 4 is 34.0 Å². The molecule has 0 aliphatic carbocycles. The van der Waals surface area contributed by atoms with Crippen molar-refractivity contribution in [3.63, 3.8) is 0 Å². The third-order valence-corrected chi connectivity index (χ3v) is 5.94. The number of benzene rings is 1. The molecule has 1 unspecified atom stereocenters. The van der Waals surface area contributed by atoms with Gasteiger partial charge in [0.1, 0.15) is 23.5 Å². The number of pyridine rings is 2. The van der Waals surface area contributed by atoms with Crippen LogP contribution in [0.4, 0.5) is 11.6 Å². The van der Waals surface area contributed by atoms with E-state index in [-0.39, 0.29) is 12.1 Å². The number of aromatic nitrogens is 2. The summed E-state index contributed by atoms with van der Waals surface area (Å²) >= 11 is 0. The van der Waals surface area contributed by atoms with Crippen LogP contribution < -0.4 is 10.2 Å². The molecular formula is C24H25N7O. The van der Waals surface area contributed by atoms with E-state index in [0.29, 0.717) is 11.4 Å². The number of carbonyl (C=O) groups is 1. The SMILES string of the molecule is CC1N=NC(c2ccc3cnc(NC(=O)c4ccnc(N5CCCC5)c4)cc3c2)=CN1C. The molecule has 32 heavy (non-hydrogen) atoms. The second-order valence-corrected chi connectivity index (χ2v) is 8.21. The molecule has 2 aliphatic heterocycles. The van der Waals surface area contributed by atoms with Crippen molar-refractivity contribution in [3.05, 3.63) is 66.1 Å². The van der Waals surface area contributed by atoms with Crippen LogP contribution in [0.25, 0.3) is 16.5 Å². The van der Waals surface area contributed by atoms with Crippen LogP contribution >= 0.6 is 0 Å². The second kappa shape index (κ2) is 8.37. The number of azo groups is 1. The Labute approximate surface area is 186 Å². The molecule has 8 nitrogen and oxygen atoms in total. The fourth-order valence-electron chi connectivity index (χ4n) is 3.92. The summed E-state index contributed by atoms with van der Waals surface area (Å²) in [6, 6.07) is 11.5. The lowest BCUT2D eigenvalue weighted by molar-refractivity contribution is 0.102. The van der Waals surface area contributed by atoms with Crippen LogP contribution in [0.5, 0.6) is 0 Å². The van der Waals surface area contributed by atoms with Crippen LogP contribution in [0.2, 0.25) is 0 Å². The van der Waals surface area contributed by atoms with Crippen LogP contribution in [0.15, 0.2) is 65.2 Å². The Morgan fingerprint density at radius 2 is 1.91 bits per heavy atom. The van der Waals surface area contributed by atoms with Crippen molar-refractivity contribution < 1.29 is 4.79 Å². The van der Waals surface area contributed by atoms with Gasteiger partial charge in [-0.1, -0.05) is 12.1 Å². The minimum Gasteiger partial charge on any atom is -0.357 e. The standard InChI is InChI=1S/C24H25N7O/c1-16-28-29-21(15-30(16)2)17-5-6-19-14-26-22(12-20(19)11-17)27-24(32)18-7-8-25-23(13-18)31-9-3-4-10-31/h5-8,11-16H,3-4,9-10H2,1-2H3,(H,26,27,32). The Bertz CT molecular complexity index is 1230. The van der Waals surface area contributed by atoms with Gasteiger partial charge in [-0.2, -0.15) is 10.2 Å². The van der Waals surface area contributed by atoms with E-state index in [4.69, 9.17) is 0 Å². The van der Waals surface area contributed by atoms with E-state index in [1.165, 1.54) is 0 Å². The van der Waals surface area contributed by atoms with Crippen LogP contribution in [0, 0.1) is 0 Å². The predicted octanol–water partition coefficient (Wildman–Crippen LogP) is 4.52. The number of nitrogens with one attached hydrogen (secondary N) is 1. The first-order chi connectivity index (χ1) is 15.6. The highest BCUT2D eigenvalue weighted by Crippen LogP contribution is 2.27. The summed E-state index contributed by atoms with van der Waals surface area (Å²) in [5.41, 5.74) is 2.34. The third kappa shape index (κ3) is 4.03. The van der Waals surface area contributed by atoms with Gasteiger partial charge in [-0.15, -0.1) is 0 Å². The minimum absolute atomic E-state index is 0.0318. The van der Waals surface area contributed by atoms with Crippen LogP contribution in [0.3, 0.4) is 0 Å². The molecule has 162 valence electrons. The Morgan fingerprint density at radius 1 is 1.06 bits per heavy atom. The highest BCUT2D eigenvalue weighted by molar-refractivity contribution is 6.05. The Kier molecular flexibility index (Phi) is 5.26. The van der Waals surface area contributed by atoms with Crippen molar-refractivity contribution in [2.45, 2.75) is 25.9 Å². The molecule has 5 rings (SSSR count). The molecule has 3 aromatic rings. The zero-order chi connectivity index (χ0) is 22.1. The van der Waals surface area contributed by atoms with Crippen molar-refractivity contribution in [2.24, 2.45) is 10.2 Å². The van der Waals surface area contributed by atoms with Gasteiger partial charge in [0.05, 0.1) is 0 Å². The molecule has 1 amide bonds. The summed E-state index contributed by atoms with van der Waals surface area (Å²) in [5.74, 6) is 1.15. The molecule has 0 saturated carbocycles. The predicted molar refractivity (Wildman–Crippen MR) is 125 cm³/mol. The number of rotatable bonds is 4. The first-order valence-electron chi connectivity index (χ1n) is 10.8. The quantitative estimate of drug-likeness (QED) is 0.661. The molecule has 0 bridgehead atoms. The average molecular weight is 428 g/mol. The zero-order valence-corrected chi connectivity index (χ0v) is 18.2. The zero-order valence-electron chi connectivity index (χ0n) is 18.2. The third-order valence-electron chi connectivity index (χ3n) is 5.94. The van der Waals surface area contributed by atoms with E-state index >= 15 is 0 Å². The van der Waals surface area contributed by atoms with E-state index in [9.17, 15) is 4.79 Å². The van der Waals surface area contributed by atoms with Gasteiger partial charge < -0.3 is 15.1 Å². The first-order valence-corrected chi connectivity index (χ1v) is 10.8. The number of hydrogen-bond donors (Lipinski definition) is 1. The van der Waals surface area contributed by atoms with Gasteiger partial charge in [0.25, 0.3) is 5.91 Å². The Hall–Kier alpha value is -3.81. The second-order valence-electron chi connectivity index (χ2n) is 8.21. The lowest BCUT2D eigenvalue weighted by atomic mass is 10.1. The molecule has 2 aliphatic rings. The molecule has 0 radical (unpaired) electrons. The maximum atomic E-state index is 12.9. The Balaban J connectivity index is 1.38. The molecule has 4 heterocycles. The molecule has 1 saturated heterocycles.